The van der Waals surface area contributed by atoms with Crippen LogP contribution in [-0.4, -0.2) is 80.9 Å². The first-order valence-electron chi connectivity index (χ1n) is 25.3. The molecule has 8 aromatic rings. The van der Waals surface area contributed by atoms with E-state index >= 15 is 0 Å². The number of benzene rings is 5. The summed E-state index contributed by atoms with van der Waals surface area (Å²) in [6.45, 7) is 4.37. The lowest BCUT2D eigenvalue weighted by Gasteiger charge is -2.33. The van der Waals surface area contributed by atoms with Gasteiger partial charge >= 0.3 is 0 Å². The summed E-state index contributed by atoms with van der Waals surface area (Å²) in [5.74, 6) is 0.515. The first-order valence-corrected chi connectivity index (χ1v) is 25.6. The van der Waals surface area contributed by atoms with Crippen LogP contribution in [-0.2, 0) is 16.0 Å². The number of carbonyl (C=O) groups is 2. The van der Waals surface area contributed by atoms with Gasteiger partial charge in [0.1, 0.15) is 28.1 Å². The molecule has 2 amide bonds. The Hall–Kier alpha value is -8.21. The van der Waals surface area contributed by atoms with Crippen molar-refractivity contribution in [3.05, 3.63) is 156 Å². The number of hydrogen-bond acceptors (Lipinski definition) is 13. The van der Waals surface area contributed by atoms with E-state index in [1.54, 1.807) is 43.6 Å². The molecule has 0 spiro atoms. The van der Waals surface area contributed by atoms with E-state index in [4.69, 9.17) is 45.0 Å². The van der Waals surface area contributed by atoms with Gasteiger partial charge in [0.05, 0.1) is 56.5 Å². The third-order valence-corrected chi connectivity index (χ3v) is 14.1. The minimum Gasteiger partial charge on any atom is -0.493 e. The average Bonchev–Trinajstić information content (AvgIpc) is 3.45. The number of pyridine rings is 3. The summed E-state index contributed by atoms with van der Waals surface area (Å²) in [7, 11) is 4.60. The summed E-state index contributed by atoms with van der Waals surface area (Å²) in [6, 6.07) is 35.4. The molecule has 2 aliphatic rings. The number of aromatic nitrogens is 3. The number of nitrogens with zero attached hydrogens (tertiary/aromatic N) is 4. The van der Waals surface area contributed by atoms with Gasteiger partial charge in [-0.05, 0) is 135 Å². The summed E-state index contributed by atoms with van der Waals surface area (Å²) >= 11 is 6.83. The predicted octanol–water partition coefficient (Wildman–Crippen LogP) is 11.8. The number of piperidine rings is 2. The number of amides is 2. The van der Waals surface area contributed by atoms with Gasteiger partial charge in [0.25, 0.3) is 0 Å². The minimum absolute atomic E-state index is 0.0284. The van der Waals surface area contributed by atoms with Crippen molar-refractivity contribution in [1.82, 2.24) is 20.3 Å². The molecule has 0 bridgehead atoms. The number of methoxy groups -OCH3 is 3. The van der Waals surface area contributed by atoms with E-state index < -0.39 is 23.5 Å². The molecule has 10 rings (SSSR count). The van der Waals surface area contributed by atoms with Crippen LogP contribution < -0.4 is 49.3 Å². The van der Waals surface area contributed by atoms with Crippen molar-refractivity contribution in [3.8, 4) is 46.1 Å². The van der Waals surface area contributed by atoms with Crippen LogP contribution in [0, 0.1) is 17.7 Å². The second-order valence-electron chi connectivity index (χ2n) is 18.9. The van der Waals surface area contributed by atoms with Crippen molar-refractivity contribution in [2.45, 2.75) is 38.0 Å². The Bertz CT molecular complexity index is 3340. The fourth-order valence-corrected chi connectivity index (χ4v) is 9.94. The molecular formula is C59H57ClFN7O8. The van der Waals surface area contributed by atoms with E-state index in [9.17, 15) is 14.0 Å². The van der Waals surface area contributed by atoms with Crippen molar-refractivity contribution >= 4 is 62.3 Å². The molecule has 0 radical (unpaired) electrons. The van der Waals surface area contributed by atoms with Crippen LogP contribution in [0.1, 0.15) is 42.9 Å². The average molecular weight is 1050 g/mol. The summed E-state index contributed by atoms with van der Waals surface area (Å²) in [6.07, 6.45) is 8.30. The van der Waals surface area contributed by atoms with E-state index in [1.165, 1.54) is 56.3 Å². The van der Waals surface area contributed by atoms with E-state index in [0.29, 0.717) is 74.7 Å². The van der Waals surface area contributed by atoms with E-state index in [-0.39, 0.29) is 33.7 Å². The van der Waals surface area contributed by atoms with Crippen LogP contribution in [0.2, 0.25) is 5.02 Å². The van der Waals surface area contributed by atoms with Crippen molar-refractivity contribution < 1.29 is 42.4 Å². The molecule has 3 N–H and O–H groups in total. The molecule has 2 aliphatic heterocycles. The van der Waals surface area contributed by atoms with Crippen molar-refractivity contribution in [2.24, 2.45) is 11.8 Å². The second kappa shape index (κ2) is 23.6. The highest BCUT2D eigenvalue weighted by Gasteiger charge is 2.33. The van der Waals surface area contributed by atoms with Gasteiger partial charge in [-0.1, -0.05) is 41.9 Å². The van der Waals surface area contributed by atoms with Gasteiger partial charge < -0.3 is 49.3 Å². The fraction of sp³-hybridized carbons (Fsp3) is 0.271. The molecule has 1 atom stereocenters. The van der Waals surface area contributed by atoms with E-state index in [1.807, 2.05) is 30.3 Å². The maximum atomic E-state index is 14.7. The summed E-state index contributed by atoms with van der Waals surface area (Å²) < 4.78 is 50.2. The molecule has 17 heteroatoms. The number of hydrogen-bond donors (Lipinski definition) is 3. The Balaban J connectivity index is 0.913. The van der Waals surface area contributed by atoms with E-state index in [0.717, 1.165) is 64.0 Å². The minimum atomic E-state index is -1.61. The van der Waals surface area contributed by atoms with Gasteiger partial charge in [0.2, 0.25) is 17.7 Å². The zero-order valence-corrected chi connectivity index (χ0v) is 43.1. The van der Waals surface area contributed by atoms with Gasteiger partial charge in [-0.15, -0.1) is 0 Å². The van der Waals surface area contributed by atoms with Crippen LogP contribution in [0.25, 0.3) is 21.8 Å². The molecule has 5 aromatic carbocycles. The first-order chi connectivity index (χ1) is 37.1. The third-order valence-electron chi connectivity index (χ3n) is 13.8. The molecule has 0 aliphatic carbocycles. The lowest BCUT2D eigenvalue weighted by atomic mass is 9.90. The Labute approximate surface area is 444 Å². The maximum absolute atomic E-state index is 14.7. The topological polar surface area (TPSA) is 168 Å². The van der Waals surface area contributed by atoms with Crippen LogP contribution in [0.15, 0.2) is 134 Å². The standard InChI is InChI=1S/C59H57ClFN7O8/c1-71-52-30-45-48(32-54(52)73-3)67-49(33-51(45)75-43-15-13-42(14-16-43)68-25-20-37(21-26-68)27-36-7-5-4-6-8-36)56(57(69)65-40-11-9-39(61)10-12-40)58(70)66-41-28-46(60)59(64-34-41)76-50-19-24-63-47-31-55(53(72-2)29-44(47)50)74-35-38-17-22-62-23-18-38/h4-16,19,24,28-34,37-38,56,62H,17-18,20-23,25-27,35H2,1-3H3,(H,65,69)(H,66,70). The molecule has 1 unspecified atom stereocenters. The Morgan fingerprint density at radius 3 is 2.04 bits per heavy atom. The summed E-state index contributed by atoms with van der Waals surface area (Å²) in [5.41, 5.74) is 3.84. The van der Waals surface area contributed by atoms with Gasteiger partial charge in [-0.25, -0.2) is 9.37 Å². The van der Waals surface area contributed by atoms with Crippen molar-refractivity contribution in [1.29, 1.82) is 0 Å². The highest BCUT2D eigenvalue weighted by Crippen LogP contribution is 2.42. The lowest BCUT2D eigenvalue weighted by Crippen LogP contribution is -2.34. The Kier molecular flexibility index (Phi) is 15.9. The number of ether oxygens (including phenoxy) is 6. The zero-order valence-electron chi connectivity index (χ0n) is 42.3. The number of rotatable bonds is 18. The highest BCUT2D eigenvalue weighted by atomic mass is 35.5. The number of halogens is 2. The second-order valence-corrected chi connectivity index (χ2v) is 19.3. The van der Waals surface area contributed by atoms with Crippen LogP contribution >= 0.6 is 11.6 Å². The number of anilines is 3. The molecule has 76 heavy (non-hydrogen) atoms. The van der Waals surface area contributed by atoms with E-state index in [2.05, 4.69) is 61.2 Å². The molecule has 2 fully saturated rings. The Morgan fingerprint density at radius 1 is 0.684 bits per heavy atom. The quantitative estimate of drug-likeness (QED) is 0.0695. The molecule has 0 saturated carbocycles. The highest BCUT2D eigenvalue weighted by molar-refractivity contribution is 6.32. The largest absolute Gasteiger partial charge is 0.493 e. The van der Waals surface area contributed by atoms with Crippen molar-refractivity contribution in [2.75, 3.05) is 69.6 Å². The smallest absolute Gasteiger partial charge is 0.243 e. The molecule has 390 valence electrons. The van der Waals surface area contributed by atoms with Gasteiger partial charge in [-0.3, -0.25) is 19.6 Å². The van der Waals surface area contributed by atoms with Crippen LogP contribution in [0.5, 0.6) is 46.1 Å². The number of fused-ring (bicyclic) bond motifs is 2. The van der Waals surface area contributed by atoms with Crippen molar-refractivity contribution in [3.63, 3.8) is 0 Å². The molecule has 3 aromatic heterocycles. The SMILES string of the molecule is COc1cc2nc(C(C(=O)Nc3ccc(F)cc3)C(=O)Nc3cnc(Oc4ccnc5cc(OCC6CCNCC6)c(OC)cc45)c(Cl)c3)cc(Oc3ccc(N4CCC(Cc5ccccc5)CC4)cc3)c2cc1OC. The monoisotopic (exact) mass is 1050 g/mol. The maximum Gasteiger partial charge on any atom is 0.243 e. The number of carbonyl (C=O) groups excluding carboxylic acids is 2. The lowest BCUT2D eigenvalue weighted by molar-refractivity contribution is -0.126. The summed E-state index contributed by atoms with van der Waals surface area (Å²) in [5, 5.41) is 10.2. The first kappa shape index (κ1) is 51.3. The molecule has 15 nitrogen and oxygen atoms in total. The molecular weight excluding hydrogens is 989 g/mol. The third kappa shape index (κ3) is 12.0. The predicted molar refractivity (Wildman–Crippen MR) is 292 cm³/mol. The van der Waals surface area contributed by atoms with Gasteiger partial charge in [0.15, 0.2) is 28.9 Å². The normalized spacial score (nSPS) is 14.5. The van der Waals surface area contributed by atoms with Gasteiger partial charge in [0, 0.05) is 59.6 Å². The molecule has 2 saturated heterocycles. The van der Waals surface area contributed by atoms with Crippen LogP contribution in [0.3, 0.4) is 0 Å². The van der Waals surface area contributed by atoms with Crippen LogP contribution in [0.4, 0.5) is 21.5 Å². The zero-order chi connectivity index (χ0) is 52.5. The Morgan fingerprint density at radius 2 is 1.34 bits per heavy atom. The fourth-order valence-electron chi connectivity index (χ4n) is 9.74. The number of nitrogens with one attached hydrogen (secondary N) is 3. The summed E-state index contributed by atoms with van der Waals surface area (Å²) in [4.78, 5) is 45.5. The molecule has 5 heterocycles. The van der Waals surface area contributed by atoms with Gasteiger partial charge in [-0.2, -0.15) is 0 Å².